The Balaban J connectivity index is 2.56. The molecule has 0 aromatic carbocycles. The number of aromatic amines is 1. The minimum atomic E-state index is -0.305. The zero-order chi connectivity index (χ0) is 14.9. The topological polar surface area (TPSA) is 122 Å². The van der Waals surface area contributed by atoms with E-state index >= 15 is 0 Å². The van der Waals surface area contributed by atoms with Crippen LogP contribution in [0.1, 0.15) is 17.0 Å². The average molecular weight is 294 g/mol. The first-order valence-corrected chi connectivity index (χ1v) is 6.51. The van der Waals surface area contributed by atoms with Gasteiger partial charge in [0.1, 0.15) is 0 Å². The molecule has 0 bridgehead atoms. The molecule has 0 aliphatic carbocycles. The van der Waals surface area contributed by atoms with Crippen LogP contribution in [0.2, 0.25) is 0 Å². The maximum atomic E-state index is 11.4. The van der Waals surface area contributed by atoms with Crippen LogP contribution in [0.15, 0.2) is 26.1 Å². The average Bonchev–Trinajstić information content (AvgIpc) is 2.69. The summed E-state index contributed by atoms with van der Waals surface area (Å²) < 4.78 is 1.38. The lowest BCUT2D eigenvalue weighted by Gasteiger charge is -2.11. The summed E-state index contributed by atoms with van der Waals surface area (Å²) in [6, 6.07) is 1.80. The first-order chi connectivity index (χ1) is 9.43. The van der Waals surface area contributed by atoms with E-state index in [0.717, 1.165) is 5.69 Å². The number of oxime groups is 1. The minimum Gasteiger partial charge on any atom is -0.409 e. The molecule has 20 heavy (non-hydrogen) atoms. The van der Waals surface area contributed by atoms with Gasteiger partial charge in [-0.15, -0.1) is 5.10 Å². The minimum absolute atomic E-state index is 0.0296. The van der Waals surface area contributed by atoms with Gasteiger partial charge < -0.3 is 10.9 Å². The maximum Gasteiger partial charge on any atom is 0.343 e. The molecule has 0 unspecified atom stereocenters. The van der Waals surface area contributed by atoms with E-state index in [2.05, 4.69) is 20.3 Å². The van der Waals surface area contributed by atoms with Crippen LogP contribution in [0.25, 0.3) is 0 Å². The van der Waals surface area contributed by atoms with Crippen molar-refractivity contribution in [1.29, 1.82) is 0 Å². The van der Waals surface area contributed by atoms with Gasteiger partial charge in [-0.2, -0.15) is 0 Å². The molecular formula is C11H14N6O2S. The lowest BCUT2D eigenvalue weighted by molar-refractivity contribution is 0.318. The number of pyridine rings is 1. The van der Waals surface area contributed by atoms with E-state index in [1.54, 1.807) is 20.0 Å². The smallest absolute Gasteiger partial charge is 0.343 e. The van der Waals surface area contributed by atoms with E-state index in [-0.39, 0.29) is 11.5 Å². The fraction of sp³-hybridized carbons (Fsp3) is 0.273. The quantitative estimate of drug-likeness (QED) is 0.325. The Hall–Kier alpha value is -2.29. The highest BCUT2D eigenvalue weighted by Gasteiger charge is 2.16. The van der Waals surface area contributed by atoms with Crippen molar-refractivity contribution in [3.05, 3.63) is 33.5 Å². The van der Waals surface area contributed by atoms with Crippen LogP contribution in [0.4, 0.5) is 0 Å². The van der Waals surface area contributed by atoms with Crippen LogP contribution in [0.3, 0.4) is 0 Å². The largest absolute Gasteiger partial charge is 0.409 e. The van der Waals surface area contributed by atoms with Gasteiger partial charge in [0.05, 0.1) is 5.56 Å². The van der Waals surface area contributed by atoms with Gasteiger partial charge in [0.2, 0.25) is 0 Å². The van der Waals surface area contributed by atoms with Crippen LogP contribution >= 0.6 is 11.8 Å². The van der Waals surface area contributed by atoms with Crippen LogP contribution in [0.5, 0.6) is 0 Å². The summed E-state index contributed by atoms with van der Waals surface area (Å²) in [6.07, 6.45) is 0. The second kappa shape index (κ2) is 5.37. The number of nitrogens with two attached hydrogens (primary N) is 1. The molecule has 2 aromatic rings. The van der Waals surface area contributed by atoms with Crippen molar-refractivity contribution in [3.63, 3.8) is 0 Å². The van der Waals surface area contributed by atoms with E-state index < -0.39 is 0 Å². The number of nitrogens with zero attached hydrogens (tertiary/aromatic N) is 4. The van der Waals surface area contributed by atoms with E-state index in [0.29, 0.717) is 21.3 Å². The summed E-state index contributed by atoms with van der Waals surface area (Å²) in [5.74, 6) is -0.0296. The van der Waals surface area contributed by atoms with Crippen molar-refractivity contribution in [2.45, 2.75) is 23.9 Å². The number of amidine groups is 1. The Bertz CT molecular complexity index is 733. The predicted octanol–water partition coefficient (Wildman–Crippen LogP) is 0.366. The van der Waals surface area contributed by atoms with Crippen LogP contribution in [0, 0.1) is 13.8 Å². The lowest BCUT2D eigenvalue weighted by atomic mass is 10.1. The fourth-order valence-corrected chi connectivity index (χ4v) is 2.85. The molecule has 2 heterocycles. The zero-order valence-electron chi connectivity index (χ0n) is 11.2. The Morgan fingerprint density at radius 3 is 2.80 bits per heavy atom. The number of H-pyrrole nitrogens is 1. The van der Waals surface area contributed by atoms with Gasteiger partial charge in [-0.05, 0) is 31.7 Å². The van der Waals surface area contributed by atoms with Crippen molar-refractivity contribution < 1.29 is 5.21 Å². The normalized spacial score (nSPS) is 11.8. The molecule has 8 nitrogen and oxygen atoms in total. The third kappa shape index (κ3) is 2.52. The molecule has 4 N–H and O–H groups in total. The molecule has 0 aliphatic heterocycles. The van der Waals surface area contributed by atoms with E-state index in [1.807, 2.05) is 6.92 Å². The number of hydrogen-bond acceptors (Lipinski definition) is 6. The molecule has 0 aliphatic rings. The third-order valence-electron chi connectivity index (χ3n) is 2.70. The predicted molar refractivity (Wildman–Crippen MR) is 74.2 cm³/mol. The second-order valence-corrected chi connectivity index (χ2v) is 5.19. The first kappa shape index (κ1) is 14.1. The SMILES string of the molecule is Cc1cc(Sc2n[nH]c(=O)n2C)c(/C(N)=N/O)c(C)n1. The number of aryl methyl sites for hydroxylation is 2. The number of nitrogens with one attached hydrogen (secondary N) is 1. The second-order valence-electron chi connectivity index (χ2n) is 4.18. The zero-order valence-corrected chi connectivity index (χ0v) is 12.0. The summed E-state index contributed by atoms with van der Waals surface area (Å²) in [5.41, 5.74) is 7.35. The van der Waals surface area contributed by atoms with Gasteiger partial charge >= 0.3 is 5.69 Å². The molecular weight excluding hydrogens is 280 g/mol. The van der Waals surface area contributed by atoms with E-state index in [4.69, 9.17) is 10.9 Å². The van der Waals surface area contributed by atoms with E-state index in [9.17, 15) is 4.79 Å². The van der Waals surface area contributed by atoms with Crippen molar-refractivity contribution in [1.82, 2.24) is 19.7 Å². The molecule has 0 saturated heterocycles. The number of hydrogen-bond donors (Lipinski definition) is 3. The number of aromatic nitrogens is 4. The Kier molecular flexibility index (Phi) is 3.79. The highest BCUT2D eigenvalue weighted by Crippen LogP contribution is 2.30. The molecule has 2 aromatic heterocycles. The molecule has 0 spiro atoms. The Morgan fingerprint density at radius 1 is 1.55 bits per heavy atom. The Morgan fingerprint density at radius 2 is 2.25 bits per heavy atom. The maximum absolute atomic E-state index is 11.4. The van der Waals surface area contributed by atoms with Crippen LogP contribution in [-0.4, -0.2) is 30.8 Å². The van der Waals surface area contributed by atoms with Crippen molar-refractivity contribution in [3.8, 4) is 0 Å². The van der Waals surface area contributed by atoms with Crippen molar-refractivity contribution in [2.24, 2.45) is 17.9 Å². The summed E-state index contributed by atoms with van der Waals surface area (Å²) in [7, 11) is 1.61. The molecule has 0 fully saturated rings. The first-order valence-electron chi connectivity index (χ1n) is 5.69. The monoisotopic (exact) mass is 294 g/mol. The summed E-state index contributed by atoms with van der Waals surface area (Å²) in [6.45, 7) is 3.62. The van der Waals surface area contributed by atoms with Gasteiger partial charge in [-0.25, -0.2) is 9.89 Å². The molecule has 106 valence electrons. The van der Waals surface area contributed by atoms with Gasteiger partial charge in [-0.3, -0.25) is 9.55 Å². The molecule has 0 radical (unpaired) electrons. The fourth-order valence-electron chi connectivity index (χ4n) is 1.76. The molecule has 0 saturated carbocycles. The van der Waals surface area contributed by atoms with Crippen LogP contribution < -0.4 is 11.4 Å². The molecule has 9 heteroatoms. The van der Waals surface area contributed by atoms with Crippen molar-refractivity contribution >= 4 is 17.6 Å². The third-order valence-corrected chi connectivity index (χ3v) is 3.79. The van der Waals surface area contributed by atoms with Crippen molar-refractivity contribution in [2.75, 3.05) is 0 Å². The highest BCUT2D eigenvalue weighted by atomic mass is 32.2. The van der Waals surface area contributed by atoms with Gasteiger partial charge in [0.25, 0.3) is 0 Å². The number of rotatable bonds is 3. The highest BCUT2D eigenvalue weighted by molar-refractivity contribution is 7.99. The lowest BCUT2D eigenvalue weighted by Crippen LogP contribution is -2.17. The Labute approximate surface area is 118 Å². The van der Waals surface area contributed by atoms with Crippen LogP contribution in [-0.2, 0) is 7.05 Å². The van der Waals surface area contributed by atoms with E-state index in [1.165, 1.54) is 16.3 Å². The molecule has 0 atom stereocenters. The van der Waals surface area contributed by atoms with Gasteiger partial charge in [-0.1, -0.05) is 5.16 Å². The summed E-state index contributed by atoms with van der Waals surface area (Å²) in [4.78, 5) is 16.4. The summed E-state index contributed by atoms with van der Waals surface area (Å²) >= 11 is 1.24. The van der Waals surface area contributed by atoms with Gasteiger partial charge in [0.15, 0.2) is 11.0 Å². The summed E-state index contributed by atoms with van der Waals surface area (Å²) in [5, 5.41) is 18.7. The standard InChI is InChI=1S/C11H14N6O2S/c1-5-4-7(8(6(2)13-5)9(12)16-19)20-11-15-14-10(18)17(11)3/h4,19H,1-3H3,(H2,12,16)(H,14,18). The molecule has 2 rings (SSSR count). The van der Waals surface area contributed by atoms with Gasteiger partial charge in [0, 0.05) is 23.3 Å². The molecule has 0 amide bonds.